The zero-order valence-electron chi connectivity index (χ0n) is 11.4. The van der Waals surface area contributed by atoms with Crippen molar-refractivity contribution in [1.82, 2.24) is 10.2 Å². The number of amides is 1. The predicted octanol–water partition coefficient (Wildman–Crippen LogP) is 2.97. The Kier molecular flexibility index (Phi) is 5.82. The van der Waals surface area contributed by atoms with E-state index in [0.717, 1.165) is 10.9 Å². The average molecular weight is 313 g/mol. The number of hydrogen-bond acceptors (Lipinski definition) is 2. The summed E-state index contributed by atoms with van der Waals surface area (Å²) in [4.78, 5) is 13.5. The van der Waals surface area contributed by atoms with E-state index in [1.54, 1.807) is 19.0 Å². The smallest absolute Gasteiger partial charge is 0.238 e. The van der Waals surface area contributed by atoms with E-state index < -0.39 is 0 Å². The molecule has 1 rings (SSSR count). The van der Waals surface area contributed by atoms with Gasteiger partial charge < -0.3 is 4.90 Å². The van der Waals surface area contributed by atoms with Crippen molar-refractivity contribution >= 4 is 21.8 Å². The molecular formula is C14H21BrN2O. The number of halogens is 1. The highest BCUT2D eigenvalue weighted by atomic mass is 79.9. The Hall–Kier alpha value is -0.870. The van der Waals surface area contributed by atoms with E-state index in [1.165, 1.54) is 5.56 Å². The van der Waals surface area contributed by atoms with Crippen LogP contribution in [0.1, 0.15) is 31.9 Å². The van der Waals surface area contributed by atoms with Crippen molar-refractivity contribution in [2.45, 2.75) is 32.4 Å². The first-order chi connectivity index (χ1) is 8.45. The Labute approximate surface area is 118 Å². The second-order valence-corrected chi connectivity index (χ2v) is 5.55. The van der Waals surface area contributed by atoms with Crippen molar-refractivity contribution in [1.29, 1.82) is 0 Å². The molecule has 0 saturated heterocycles. The van der Waals surface area contributed by atoms with Crippen molar-refractivity contribution < 1.29 is 4.79 Å². The zero-order chi connectivity index (χ0) is 13.7. The number of benzene rings is 1. The molecular weight excluding hydrogens is 292 g/mol. The Morgan fingerprint density at radius 2 is 1.89 bits per heavy atom. The van der Waals surface area contributed by atoms with E-state index in [4.69, 9.17) is 0 Å². The minimum Gasteiger partial charge on any atom is -0.347 e. The first-order valence-electron chi connectivity index (χ1n) is 6.18. The third-order valence-electron chi connectivity index (χ3n) is 2.94. The van der Waals surface area contributed by atoms with Gasteiger partial charge in [-0.2, -0.15) is 0 Å². The van der Waals surface area contributed by atoms with Gasteiger partial charge in [0.1, 0.15) is 0 Å². The van der Waals surface area contributed by atoms with Gasteiger partial charge >= 0.3 is 0 Å². The summed E-state index contributed by atoms with van der Waals surface area (Å²) >= 11 is 3.43. The van der Waals surface area contributed by atoms with Crippen molar-refractivity contribution in [3.63, 3.8) is 0 Å². The summed E-state index contributed by atoms with van der Waals surface area (Å²) in [5.74, 6) is 0.102. The van der Waals surface area contributed by atoms with Gasteiger partial charge in [-0.1, -0.05) is 35.0 Å². The van der Waals surface area contributed by atoms with Gasteiger partial charge in [-0.25, -0.2) is 0 Å². The lowest BCUT2D eigenvalue weighted by atomic mass is 10.0. The predicted molar refractivity (Wildman–Crippen MR) is 78.5 cm³/mol. The second kappa shape index (κ2) is 6.90. The molecule has 1 aromatic carbocycles. The molecule has 2 unspecified atom stereocenters. The monoisotopic (exact) mass is 312 g/mol. The van der Waals surface area contributed by atoms with Gasteiger partial charge in [-0.15, -0.1) is 0 Å². The fourth-order valence-corrected chi connectivity index (χ4v) is 2.17. The van der Waals surface area contributed by atoms with Crippen LogP contribution in [-0.4, -0.2) is 30.9 Å². The summed E-state index contributed by atoms with van der Waals surface area (Å²) in [7, 11) is 3.56. The summed E-state index contributed by atoms with van der Waals surface area (Å²) in [6.45, 7) is 4.02. The topological polar surface area (TPSA) is 32.3 Å². The highest BCUT2D eigenvalue weighted by Gasteiger charge is 2.19. The van der Waals surface area contributed by atoms with Crippen LogP contribution < -0.4 is 5.32 Å². The van der Waals surface area contributed by atoms with E-state index in [1.807, 2.05) is 19.1 Å². The van der Waals surface area contributed by atoms with Gasteiger partial charge in [0.05, 0.1) is 6.04 Å². The molecule has 1 aromatic rings. The van der Waals surface area contributed by atoms with Crippen LogP contribution in [0.4, 0.5) is 0 Å². The third-order valence-corrected chi connectivity index (χ3v) is 3.47. The van der Waals surface area contributed by atoms with Crippen LogP contribution in [-0.2, 0) is 4.79 Å². The molecule has 0 saturated carbocycles. The molecule has 0 aromatic heterocycles. The summed E-state index contributed by atoms with van der Waals surface area (Å²) < 4.78 is 1.07. The van der Waals surface area contributed by atoms with E-state index >= 15 is 0 Å². The van der Waals surface area contributed by atoms with Gasteiger partial charge in [-0.3, -0.25) is 10.1 Å². The standard InChI is InChI=1S/C14H21BrN2O/c1-5-13(11-6-8-12(15)9-7-11)16-10(2)14(18)17(3)4/h6-10,13,16H,5H2,1-4H3. The lowest BCUT2D eigenvalue weighted by Gasteiger charge is -2.24. The maximum atomic E-state index is 11.8. The second-order valence-electron chi connectivity index (χ2n) is 4.63. The fourth-order valence-electron chi connectivity index (χ4n) is 1.91. The summed E-state index contributed by atoms with van der Waals surface area (Å²) in [6, 6.07) is 8.25. The largest absolute Gasteiger partial charge is 0.347 e. The molecule has 1 N–H and O–H groups in total. The molecule has 3 nitrogen and oxygen atoms in total. The molecule has 0 aliphatic carbocycles. The maximum absolute atomic E-state index is 11.8. The third kappa shape index (κ3) is 4.10. The van der Waals surface area contributed by atoms with E-state index in [-0.39, 0.29) is 18.0 Å². The minimum absolute atomic E-state index is 0.102. The van der Waals surface area contributed by atoms with Crippen LogP contribution in [0.15, 0.2) is 28.7 Å². The lowest BCUT2D eigenvalue weighted by molar-refractivity contribution is -0.130. The quantitative estimate of drug-likeness (QED) is 0.906. The van der Waals surface area contributed by atoms with Gasteiger partial charge in [0.25, 0.3) is 0 Å². The molecule has 0 bridgehead atoms. The number of carbonyl (C=O) groups excluding carboxylic acids is 1. The van der Waals surface area contributed by atoms with Crippen LogP contribution >= 0.6 is 15.9 Å². The highest BCUT2D eigenvalue weighted by molar-refractivity contribution is 9.10. The molecule has 100 valence electrons. The Morgan fingerprint density at radius 1 is 1.33 bits per heavy atom. The van der Waals surface area contributed by atoms with Crippen LogP contribution in [0.2, 0.25) is 0 Å². The van der Waals surface area contributed by atoms with E-state index in [2.05, 4.69) is 40.3 Å². The van der Waals surface area contributed by atoms with Crippen LogP contribution in [0.3, 0.4) is 0 Å². The Balaban J connectivity index is 2.73. The van der Waals surface area contributed by atoms with Crippen molar-refractivity contribution in [3.8, 4) is 0 Å². The minimum atomic E-state index is -0.173. The van der Waals surface area contributed by atoms with Crippen molar-refractivity contribution in [3.05, 3.63) is 34.3 Å². The van der Waals surface area contributed by atoms with Crippen LogP contribution in [0.25, 0.3) is 0 Å². The number of likely N-dealkylation sites (N-methyl/N-ethyl adjacent to an activating group) is 1. The molecule has 0 aliphatic heterocycles. The molecule has 18 heavy (non-hydrogen) atoms. The van der Waals surface area contributed by atoms with Crippen molar-refractivity contribution in [2.24, 2.45) is 0 Å². The van der Waals surface area contributed by atoms with Crippen LogP contribution in [0, 0.1) is 0 Å². The Morgan fingerprint density at radius 3 is 2.33 bits per heavy atom. The summed E-state index contributed by atoms with van der Waals surface area (Å²) in [6.07, 6.45) is 0.951. The van der Waals surface area contributed by atoms with Gasteiger partial charge in [0, 0.05) is 24.6 Å². The summed E-state index contributed by atoms with van der Waals surface area (Å²) in [5, 5.41) is 3.38. The van der Waals surface area contributed by atoms with Crippen LogP contribution in [0.5, 0.6) is 0 Å². The normalized spacial score (nSPS) is 14.1. The zero-order valence-corrected chi connectivity index (χ0v) is 13.0. The van der Waals surface area contributed by atoms with Crippen molar-refractivity contribution in [2.75, 3.05) is 14.1 Å². The molecule has 2 atom stereocenters. The molecule has 0 radical (unpaired) electrons. The SMILES string of the molecule is CCC(NC(C)C(=O)N(C)C)c1ccc(Br)cc1. The lowest BCUT2D eigenvalue weighted by Crippen LogP contribution is -2.42. The number of nitrogens with zero attached hydrogens (tertiary/aromatic N) is 1. The first-order valence-corrected chi connectivity index (χ1v) is 6.97. The van der Waals surface area contributed by atoms with Gasteiger partial charge in [-0.05, 0) is 31.0 Å². The number of hydrogen-bond donors (Lipinski definition) is 1. The maximum Gasteiger partial charge on any atom is 0.238 e. The molecule has 0 heterocycles. The highest BCUT2D eigenvalue weighted by Crippen LogP contribution is 2.20. The summed E-state index contributed by atoms with van der Waals surface area (Å²) in [5.41, 5.74) is 1.21. The fraction of sp³-hybridized carbons (Fsp3) is 0.500. The van der Waals surface area contributed by atoms with E-state index in [0.29, 0.717) is 0 Å². The van der Waals surface area contributed by atoms with E-state index in [9.17, 15) is 4.79 Å². The number of nitrogens with one attached hydrogen (secondary N) is 1. The van der Waals surface area contributed by atoms with Gasteiger partial charge in [0.15, 0.2) is 0 Å². The first kappa shape index (κ1) is 15.2. The average Bonchev–Trinajstić information content (AvgIpc) is 2.35. The molecule has 0 fully saturated rings. The molecule has 4 heteroatoms. The van der Waals surface area contributed by atoms with Gasteiger partial charge in [0.2, 0.25) is 5.91 Å². The number of carbonyl (C=O) groups is 1. The number of rotatable bonds is 5. The molecule has 1 amide bonds. The molecule has 0 spiro atoms. The molecule has 0 aliphatic rings. The Bertz CT molecular complexity index is 389.